The molecule has 0 atom stereocenters. The molecule has 0 bridgehead atoms. The molecule has 1 aromatic rings. The normalized spacial score (nSPS) is 17.6. The second kappa shape index (κ2) is 2.97. The van der Waals surface area contributed by atoms with E-state index in [1.54, 1.807) is 0 Å². The van der Waals surface area contributed by atoms with Gasteiger partial charge in [-0.2, -0.15) is 0 Å². The van der Waals surface area contributed by atoms with Crippen LogP contribution in [0.15, 0.2) is 29.7 Å². The van der Waals surface area contributed by atoms with Crippen LogP contribution in [0, 0.1) is 0 Å². The molecule has 0 aromatic heterocycles. The van der Waals surface area contributed by atoms with E-state index in [9.17, 15) is 10.0 Å². The van der Waals surface area contributed by atoms with Gasteiger partial charge in [-0.15, -0.1) is 0 Å². The van der Waals surface area contributed by atoms with Crippen molar-refractivity contribution in [2.45, 2.75) is 19.3 Å². The molecule has 0 amide bonds. The zero-order valence-electron chi connectivity index (χ0n) is 8.36. The first kappa shape index (κ1) is 9.50. The van der Waals surface area contributed by atoms with Crippen molar-refractivity contribution in [3.63, 3.8) is 0 Å². The van der Waals surface area contributed by atoms with Crippen LogP contribution < -0.4 is 0 Å². The van der Waals surface area contributed by atoms with Gasteiger partial charge in [-0.1, -0.05) is 44.2 Å². The van der Waals surface area contributed by atoms with Crippen molar-refractivity contribution in [1.82, 2.24) is 0 Å². The van der Waals surface area contributed by atoms with Crippen LogP contribution in [0.1, 0.15) is 25.0 Å². The maximum absolute atomic E-state index is 9.25. The fourth-order valence-electron chi connectivity index (χ4n) is 2.09. The maximum Gasteiger partial charge on any atom is 0.485 e. The molecule has 0 radical (unpaired) electrons. The summed E-state index contributed by atoms with van der Waals surface area (Å²) in [5.74, 6) is 0. The lowest BCUT2D eigenvalue weighted by atomic mass is 9.65. The van der Waals surface area contributed by atoms with Gasteiger partial charge in [0.25, 0.3) is 0 Å². The van der Waals surface area contributed by atoms with E-state index < -0.39 is 7.12 Å². The van der Waals surface area contributed by atoms with Crippen LogP contribution in [-0.2, 0) is 5.41 Å². The SMILES string of the molecule is CC1(C)C(B(O)O)=Cc2ccccc21. The molecule has 2 N–H and O–H groups in total. The van der Waals surface area contributed by atoms with Crippen molar-refractivity contribution in [1.29, 1.82) is 0 Å². The Labute approximate surface area is 84.0 Å². The third kappa shape index (κ3) is 1.21. The predicted octanol–water partition coefficient (Wildman–Crippen LogP) is 1.37. The van der Waals surface area contributed by atoms with E-state index in [2.05, 4.69) is 0 Å². The molecular weight excluding hydrogens is 175 g/mol. The highest BCUT2D eigenvalue weighted by molar-refractivity contribution is 6.53. The van der Waals surface area contributed by atoms with E-state index in [4.69, 9.17) is 0 Å². The van der Waals surface area contributed by atoms with Crippen molar-refractivity contribution in [2.75, 3.05) is 0 Å². The Bertz CT molecular complexity index is 394. The summed E-state index contributed by atoms with van der Waals surface area (Å²) in [5, 5.41) is 18.5. The fraction of sp³-hybridized carbons (Fsp3) is 0.273. The van der Waals surface area contributed by atoms with Gasteiger partial charge in [-0.05, 0) is 16.6 Å². The topological polar surface area (TPSA) is 40.5 Å². The molecule has 1 aliphatic rings. The summed E-state index contributed by atoms with van der Waals surface area (Å²) in [6.07, 6.45) is 1.86. The van der Waals surface area contributed by atoms with Crippen LogP contribution in [0.3, 0.4) is 0 Å². The lowest BCUT2D eigenvalue weighted by Crippen LogP contribution is -2.29. The minimum absolute atomic E-state index is 0.273. The molecule has 72 valence electrons. The highest BCUT2D eigenvalue weighted by atomic mass is 16.4. The van der Waals surface area contributed by atoms with Crippen molar-refractivity contribution in [3.8, 4) is 0 Å². The summed E-state index contributed by atoms with van der Waals surface area (Å²) in [6, 6.07) is 7.95. The molecule has 0 unspecified atom stereocenters. The summed E-state index contributed by atoms with van der Waals surface area (Å²) >= 11 is 0. The standard InChI is InChI=1S/C11H13BO2/c1-11(2)9-6-4-3-5-8(9)7-10(11)12(13)14/h3-7,13-14H,1-2H3. The molecule has 3 heteroatoms. The third-order valence-electron chi connectivity index (χ3n) is 2.94. The lowest BCUT2D eigenvalue weighted by molar-refractivity contribution is 0.408. The molecule has 14 heavy (non-hydrogen) atoms. The van der Waals surface area contributed by atoms with Crippen molar-refractivity contribution in [3.05, 3.63) is 40.9 Å². The Morgan fingerprint density at radius 2 is 1.79 bits per heavy atom. The monoisotopic (exact) mass is 188 g/mol. The molecule has 0 aliphatic heterocycles. The van der Waals surface area contributed by atoms with Crippen molar-refractivity contribution >= 4 is 13.2 Å². The fourth-order valence-corrected chi connectivity index (χ4v) is 2.09. The molecule has 0 spiro atoms. The van der Waals surface area contributed by atoms with Gasteiger partial charge in [-0.3, -0.25) is 0 Å². The molecule has 0 heterocycles. The first-order chi connectivity index (χ1) is 6.53. The first-order valence-corrected chi connectivity index (χ1v) is 4.71. The average molecular weight is 188 g/mol. The Morgan fingerprint density at radius 3 is 2.36 bits per heavy atom. The largest absolute Gasteiger partial charge is 0.485 e. The van der Waals surface area contributed by atoms with Crippen LogP contribution in [0.4, 0.5) is 0 Å². The minimum atomic E-state index is -1.36. The number of allylic oxidation sites excluding steroid dienone is 1. The van der Waals surface area contributed by atoms with E-state index >= 15 is 0 Å². The summed E-state index contributed by atoms with van der Waals surface area (Å²) < 4.78 is 0. The molecule has 2 nitrogen and oxygen atoms in total. The zero-order chi connectivity index (χ0) is 10.3. The van der Waals surface area contributed by atoms with E-state index in [0.717, 1.165) is 11.1 Å². The molecular formula is C11H13BO2. The summed E-state index contributed by atoms with van der Waals surface area (Å²) in [7, 11) is -1.36. The molecule has 0 fully saturated rings. The van der Waals surface area contributed by atoms with E-state index in [1.807, 2.05) is 44.2 Å². The van der Waals surface area contributed by atoms with E-state index in [0.29, 0.717) is 5.47 Å². The minimum Gasteiger partial charge on any atom is -0.423 e. The summed E-state index contributed by atoms with van der Waals surface area (Å²) in [6.45, 7) is 4.01. The van der Waals surface area contributed by atoms with Crippen molar-refractivity contribution in [2.24, 2.45) is 0 Å². The van der Waals surface area contributed by atoms with Crippen LogP contribution in [0.2, 0.25) is 0 Å². The number of rotatable bonds is 1. The lowest BCUT2D eigenvalue weighted by Gasteiger charge is -2.24. The molecule has 1 aromatic carbocycles. The Kier molecular flexibility index (Phi) is 2.02. The Hall–Kier alpha value is -1.06. The highest BCUT2D eigenvalue weighted by Gasteiger charge is 2.37. The number of fused-ring (bicyclic) bond motifs is 1. The second-order valence-electron chi connectivity index (χ2n) is 4.19. The third-order valence-corrected chi connectivity index (χ3v) is 2.94. The Morgan fingerprint density at radius 1 is 1.14 bits per heavy atom. The average Bonchev–Trinajstić information content (AvgIpc) is 2.39. The van der Waals surface area contributed by atoms with Crippen LogP contribution in [0.25, 0.3) is 6.08 Å². The van der Waals surface area contributed by atoms with Crippen molar-refractivity contribution < 1.29 is 10.0 Å². The second-order valence-corrected chi connectivity index (χ2v) is 4.19. The van der Waals surface area contributed by atoms with Gasteiger partial charge in [0.1, 0.15) is 0 Å². The van der Waals surface area contributed by atoms with Gasteiger partial charge in [0.15, 0.2) is 0 Å². The van der Waals surface area contributed by atoms with Crippen LogP contribution in [-0.4, -0.2) is 17.2 Å². The molecule has 1 aliphatic carbocycles. The quantitative estimate of drug-likeness (QED) is 0.653. The number of benzene rings is 1. The van der Waals surface area contributed by atoms with Gasteiger partial charge in [0.2, 0.25) is 0 Å². The summed E-state index contributed by atoms with van der Waals surface area (Å²) in [5.41, 5.74) is 2.63. The van der Waals surface area contributed by atoms with Gasteiger partial charge in [0, 0.05) is 5.41 Å². The van der Waals surface area contributed by atoms with E-state index in [1.165, 1.54) is 0 Å². The maximum atomic E-state index is 9.25. The van der Waals surface area contributed by atoms with Gasteiger partial charge >= 0.3 is 7.12 Å². The molecule has 0 saturated heterocycles. The highest BCUT2D eigenvalue weighted by Crippen LogP contribution is 2.41. The molecule has 0 saturated carbocycles. The molecule has 2 rings (SSSR count). The summed E-state index contributed by atoms with van der Waals surface area (Å²) in [4.78, 5) is 0. The zero-order valence-corrected chi connectivity index (χ0v) is 8.36. The number of hydrogen-bond acceptors (Lipinski definition) is 2. The smallest absolute Gasteiger partial charge is 0.423 e. The first-order valence-electron chi connectivity index (χ1n) is 4.71. The predicted molar refractivity (Wildman–Crippen MR) is 57.6 cm³/mol. The Balaban J connectivity index is 2.56. The van der Waals surface area contributed by atoms with Crippen LogP contribution in [0.5, 0.6) is 0 Å². The van der Waals surface area contributed by atoms with Crippen LogP contribution >= 0.6 is 0 Å². The van der Waals surface area contributed by atoms with Gasteiger partial charge < -0.3 is 10.0 Å². The van der Waals surface area contributed by atoms with Gasteiger partial charge in [-0.25, -0.2) is 0 Å². The van der Waals surface area contributed by atoms with E-state index in [-0.39, 0.29) is 5.41 Å². The van der Waals surface area contributed by atoms with Gasteiger partial charge in [0.05, 0.1) is 0 Å². The number of hydrogen-bond donors (Lipinski definition) is 2.